The van der Waals surface area contributed by atoms with E-state index in [1.807, 2.05) is 30.3 Å². The van der Waals surface area contributed by atoms with Gasteiger partial charge in [0.05, 0.1) is 17.3 Å². The lowest BCUT2D eigenvalue weighted by Gasteiger charge is -1.99. The van der Waals surface area contributed by atoms with Crippen molar-refractivity contribution in [3.63, 3.8) is 0 Å². The molecule has 1 fully saturated rings. The number of furan rings is 1. The molecule has 3 aromatic heterocycles. The highest BCUT2D eigenvalue weighted by Crippen LogP contribution is 2.36. The lowest BCUT2D eigenvalue weighted by molar-refractivity contribution is 0.568. The minimum atomic E-state index is -0.121. The molecule has 0 bridgehead atoms. The molecule has 0 radical (unpaired) electrons. The predicted octanol–water partition coefficient (Wildman–Crippen LogP) is 2.56. The summed E-state index contributed by atoms with van der Waals surface area (Å²) in [4.78, 5) is 20.5. The Morgan fingerprint density at radius 2 is 2.08 bits per heavy atom. The minimum Gasteiger partial charge on any atom is -0.461 e. The number of rotatable bonds is 4. The fraction of sp³-hybridized carbons (Fsp3) is 0.235. The summed E-state index contributed by atoms with van der Waals surface area (Å²) < 4.78 is 8.64. The molecule has 1 saturated carbocycles. The summed E-state index contributed by atoms with van der Waals surface area (Å²) in [6.07, 6.45) is 3.60. The van der Waals surface area contributed by atoms with E-state index >= 15 is 0 Å². The monoisotopic (exact) mass is 321 g/mol. The van der Waals surface area contributed by atoms with E-state index in [2.05, 4.69) is 15.1 Å². The van der Waals surface area contributed by atoms with E-state index in [0.717, 1.165) is 23.9 Å². The van der Waals surface area contributed by atoms with Crippen molar-refractivity contribution in [1.82, 2.24) is 24.3 Å². The van der Waals surface area contributed by atoms with Crippen LogP contribution in [0.4, 0.5) is 0 Å². The van der Waals surface area contributed by atoms with Gasteiger partial charge in [0.2, 0.25) is 5.82 Å². The summed E-state index contributed by atoms with van der Waals surface area (Å²) >= 11 is 0. The molecule has 0 spiro atoms. The molecule has 3 heterocycles. The number of aromatic amines is 1. The quantitative estimate of drug-likeness (QED) is 0.626. The van der Waals surface area contributed by atoms with E-state index in [-0.39, 0.29) is 11.7 Å². The van der Waals surface area contributed by atoms with Crippen molar-refractivity contribution < 1.29 is 4.42 Å². The summed E-state index contributed by atoms with van der Waals surface area (Å²) in [5.74, 6) is 1.91. The van der Waals surface area contributed by atoms with Gasteiger partial charge in [0.15, 0.2) is 5.76 Å². The summed E-state index contributed by atoms with van der Waals surface area (Å²) in [7, 11) is 0. The van der Waals surface area contributed by atoms with Crippen LogP contribution in [0.3, 0.4) is 0 Å². The Balaban J connectivity index is 1.58. The van der Waals surface area contributed by atoms with Crippen LogP contribution in [0.15, 0.2) is 51.9 Å². The van der Waals surface area contributed by atoms with Crippen LogP contribution in [0.25, 0.3) is 22.6 Å². The Labute approximate surface area is 136 Å². The van der Waals surface area contributed by atoms with Gasteiger partial charge in [-0.25, -0.2) is 14.5 Å². The number of nitrogens with zero attached hydrogens (tertiary/aromatic N) is 4. The van der Waals surface area contributed by atoms with Gasteiger partial charge in [-0.05, 0) is 37.1 Å². The largest absolute Gasteiger partial charge is 0.461 e. The molecule has 0 unspecified atom stereocenters. The van der Waals surface area contributed by atoms with Crippen LogP contribution < -0.4 is 5.69 Å². The number of imidazole rings is 1. The lowest BCUT2D eigenvalue weighted by Crippen LogP contribution is -2.25. The minimum absolute atomic E-state index is 0.121. The van der Waals surface area contributed by atoms with Gasteiger partial charge in [0.1, 0.15) is 12.4 Å². The van der Waals surface area contributed by atoms with E-state index in [1.165, 1.54) is 4.68 Å². The molecule has 5 rings (SSSR count). The van der Waals surface area contributed by atoms with Gasteiger partial charge in [-0.3, -0.25) is 4.57 Å². The van der Waals surface area contributed by atoms with Crippen LogP contribution >= 0.6 is 0 Å². The molecule has 0 aliphatic heterocycles. The molecule has 4 aromatic rings. The smallest absolute Gasteiger partial charge is 0.346 e. The van der Waals surface area contributed by atoms with Crippen molar-refractivity contribution in [1.29, 1.82) is 0 Å². The highest BCUT2D eigenvalue weighted by Gasteiger charge is 2.31. The van der Waals surface area contributed by atoms with Gasteiger partial charge >= 0.3 is 5.69 Å². The Hall–Kier alpha value is -3.09. The molecule has 0 saturated heterocycles. The molecular formula is C17H15N5O2. The fourth-order valence-corrected chi connectivity index (χ4v) is 2.98. The first-order valence-corrected chi connectivity index (χ1v) is 7.96. The van der Waals surface area contributed by atoms with Crippen molar-refractivity contribution in [3.05, 3.63) is 59.0 Å². The third kappa shape index (κ3) is 2.09. The van der Waals surface area contributed by atoms with Gasteiger partial charge in [-0.2, -0.15) is 0 Å². The van der Waals surface area contributed by atoms with Crippen LogP contribution in [-0.2, 0) is 6.54 Å². The maximum atomic E-state index is 12.8. The maximum Gasteiger partial charge on any atom is 0.346 e. The molecule has 1 aromatic carbocycles. The van der Waals surface area contributed by atoms with Crippen LogP contribution in [0.5, 0.6) is 0 Å². The zero-order valence-electron chi connectivity index (χ0n) is 12.8. The van der Waals surface area contributed by atoms with Gasteiger partial charge < -0.3 is 9.40 Å². The molecule has 24 heavy (non-hydrogen) atoms. The number of aromatic nitrogens is 5. The normalized spacial score (nSPS) is 14.5. The Morgan fingerprint density at radius 1 is 1.21 bits per heavy atom. The number of para-hydroxylation sites is 2. The number of fused-ring (bicyclic) bond motifs is 1. The Bertz CT molecular complexity index is 1030. The predicted molar refractivity (Wildman–Crippen MR) is 87.7 cm³/mol. The fourth-order valence-electron chi connectivity index (χ4n) is 2.98. The molecule has 1 N–H and O–H groups in total. The van der Waals surface area contributed by atoms with Crippen molar-refractivity contribution in [3.8, 4) is 11.6 Å². The molecule has 7 heteroatoms. The van der Waals surface area contributed by atoms with Crippen molar-refractivity contribution in [2.24, 2.45) is 0 Å². The van der Waals surface area contributed by atoms with Crippen LogP contribution in [0.2, 0.25) is 0 Å². The SMILES string of the molecule is O=c1n(Cc2nc3ccccc3[nH]2)nc(-c2ccco2)n1C1CC1. The number of benzene rings is 1. The molecular weight excluding hydrogens is 306 g/mol. The second-order valence-electron chi connectivity index (χ2n) is 6.04. The summed E-state index contributed by atoms with van der Waals surface area (Å²) in [5.41, 5.74) is 1.71. The van der Waals surface area contributed by atoms with Gasteiger partial charge in [-0.1, -0.05) is 12.1 Å². The summed E-state index contributed by atoms with van der Waals surface area (Å²) in [6, 6.07) is 11.6. The van der Waals surface area contributed by atoms with Gasteiger partial charge in [0.25, 0.3) is 0 Å². The average molecular weight is 321 g/mol. The Morgan fingerprint density at radius 3 is 2.83 bits per heavy atom. The Kier molecular flexibility index (Phi) is 2.76. The first kappa shape index (κ1) is 13.4. The first-order chi connectivity index (χ1) is 11.8. The second kappa shape index (κ2) is 4.95. The summed E-state index contributed by atoms with van der Waals surface area (Å²) in [5, 5.41) is 4.49. The maximum absolute atomic E-state index is 12.8. The standard InChI is InChI=1S/C17H15N5O2/c23-17-21(10-15-18-12-4-1-2-5-13(12)19-15)20-16(14-6-3-9-24-14)22(17)11-7-8-11/h1-6,9,11H,7-8,10H2,(H,18,19). The van der Waals surface area contributed by atoms with E-state index in [9.17, 15) is 4.79 Å². The van der Waals surface area contributed by atoms with Crippen molar-refractivity contribution in [2.75, 3.05) is 0 Å². The molecule has 120 valence electrons. The molecule has 0 amide bonds. The highest BCUT2D eigenvalue weighted by molar-refractivity contribution is 5.74. The number of hydrogen-bond donors (Lipinski definition) is 1. The van der Waals surface area contributed by atoms with E-state index in [4.69, 9.17) is 4.42 Å². The third-order valence-electron chi connectivity index (χ3n) is 4.26. The average Bonchev–Trinajstić information content (AvgIpc) is 3.01. The van der Waals surface area contributed by atoms with E-state index in [0.29, 0.717) is 24.0 Å². The van der Waals surface area contributed by atoms with Crippen LogP contribution in [0, 0.1) is 0 Å². The van der Waals surface area contributed by atoms with Crippen LogP contribution in [-0.4, -0.2) is 24.3 Å². The van der Waals surface area contributed by atoms with Gasteiger partial charge in [-0.15, -0.1) is 5.10 Å². The van der Waals surface area contributed by atoms with E-state index in [1.54, 1.807) is 16.9 Å². The third-order valence-corrected chi connectivity index (χ3v) is 4.26. The van der Waals surface area contributed by atoms with E-state index < -0.39 is 0 Å². The van der Waals surface area contributed by atoms with Crippen molar-refractivity contribution in [2.45, 2.75) is 25.4 Å². The topological polar surface area (TPSA) is 81.6 Å². The second-order valence-corrected chi connectivity index (χ2v) is 6.04. The lowest BCUT2D eigenvalue weighted by atomic mass is 10.3. The van der Waals surface area contributed by atoms with Crippen molar-refractivity contribution >= 4 is 11.0 Å². The molecule has 1 aliphatic carbocycles. The molecule has 7 nitrogen and oxygen atoms in total. The zero-order chi connectivity index (χ0) is 16.1. The number of nitrogens with one attached hydrogen (secondary N) is 1. The number of H-pyrrole nitrogens is 1. The summed E-state index contributed by atoms with van der Waals surface area (Å²) in [6.45, 7) is 0.306. The highest BCUT2D eigenvalue weighted by atomic mass is 16.3. The van der Waals surface area contributed by atoms with Crippen LogP contribution in [0.1, 0.15) is 24.7 Å². The molecule has 0 atom stereocenters. The van der Waals surface area contributed by atoms with Gasteiger partial charge in [0, 0.05) is 6.04 Å². The number of hydrogen-bond acceptors (Lipinski definition) is 4. The first-order valence-electron chi connectivity index (χ1n) is 7.96. The zero-order valence-corrected chi connectivity index (χ0v) is 12.8. The molecule has 1 aliphatic rings.